The molecule has 70 valence electrons. The maximum atomic E-state index is 10.8. The summed E-state index contributed by atoms with van der Waals surface area (Å²) in [6.07, 6.45) is 0. The number of carbonyl (C=O) groups is 1. The molecule has 2 N–H and O–H groups in total. The van der Waals surface area contributed by atoms with Crippen LogP contribution in [0.1, 0.15) is 10.4 Å². The average Bonchev–Trinajstić information content (AvgIpc) is 2.17. The molecule has 2 aromatic rings. The number of nitrogen functional groups attached to an aromatic ring is 1. The first-order chi connectivity index (χ1) is 6.70. The SMILES string of the molecule is Nc1ccc2ccccc2c1C(=O)[O-].[Na+]. The van der Waals surface area contributed by atoms with Gasteiger partial charge in [0.1, 0.15) is 0 Å². The minimum Gasteiger partial charge on any atom is -0.545 e. The van der Waals surface area contributed by atoms with Crippen LogP contribution in [0, 0.1) is 0 Å². The molecule has 0 bridgehead atoms. The number of hydrogen-bond donors (Lipinski definition) is 1. The number of carboxylic acids is 1. The van der Waals surface area contributed by atoms with Gasteiger partial charge in [-0.2, -0.15) is 0 Å². The molecule has 0 atom stereocenters. The summed E-state index contributed by atoms with van der Waals surface area (Å²) in [7, 11) is 0. The van der Waals surface area contributed by atoms with Crippen molar-refractivity contribution in [3.05, 3.63) is 42.0 Å². The predicted octanol–water partition coefficient (Wildman–Crippen LogP) is -2.21. The zero-order valence-corrected chi connectivity index (χ0v) is 10.4. The van der Waals surface area contributed by atoms with E-state index in [1.165, 1.54) is 0 Å². The van der Waals surface area contributed by atoms with Crippen molar-refractivity contribution in [3.63, 3.8) is 0 Å². The van der Waals surface area contributed by atoms with Crippen molar-refractivity contribution in [1.29, 1.82) is 0 Å². The van der Waals surface area contributed by atoms with Gasteiger partial charge in [0, 0.05) is 11.3 Å². The Bertz CT molecular complexity index is 511. The topological polar surface area (TPSA) is 66.2 Å². The molecule has 0 aromatic heterocycles. The fourth-order valence-electron chi connectivity index (χ4n) is 1.52. The zero-order valence-electron chi connectivity index (χ0n) is 8.36. The van der Waals surface area contributed by atoms with Crippen molar-refractivity contribution in [1.82, 2.24) is 0 Å². The second kappa shape index (κ2) is 4.66. The van der Waals surface area contributed by atoms with E-state index in [-0.39, 0.29) is 40.8 Å². The molecule has 0 heterocycles. The summed E-state index contributed by atoms with van der Waals surface area (Å²) in [6, 6.07) is 10.5. The first-order valence-corrected chi connectivity index (χ1v) is 4.18. The summed E-state index contributed by atoms with van der Waals surface area (Å²) in [5, 5.41) is 12.3. The number of benzene rings is 2. The van der Waals surface area contributed by atoms with E-state index in [4.69, 9.17) is 5.73 Å². The van der Waals surface area contributed by atoms with Gasteiger partial charge in [-0.1, -0.05) is 30.3 Å². The monoisotopic (exact) mass is 209 g/mol. The van der Waals surface area contributed by atoms with Crippen molar-refractivity contribution >= 4 is 22.4 Å². The van der Waals surface area contributed by atoms with Crippen molar-refractivity contribution in [3.8, 4) is 0 Å². The number of anilines is 1. The van der Waals surface area contributed by atoms with E-state index in [0.29, 0.717) is 5.39 Å². The normalized spacial score (nSPS) is 9.60. The van der Waals surface area contributed by atoms with Gasteiger partial charge in [0.2, 0.25) is 0 Å². The van der Waals surface area contributed by atoms with Crippen molar-refractivity contribution in [2.24, 2.45) is 0 Å². The molecular weight excluding hydrogens is 201 g/mol. The van der Waals surface area contributed by atoms with Crippen molar-refractivity contribution in [2.45, 2.75) is 0 Å². The first-order valence-electron chi connectivity index (χ1n) is 4.18. The van der Waals surface area contributed by atoms with E-state index < -0.39 is 5.97 Å². The Morgan fingerprint density at radius 2 is 1.80 bits per heavy atom. The minimum atomic E-state index is -1.24. The van der Waals surface area contributed by atoms with E-state index in [1.54, 1.807) is 24.3 Å². The number of fused-ring (bicyclic) bond motifs is 1. The minimum absolute atomic E-state index is 0. The summed E-state index contributed by atoms with van der Waals surface area (Å²) in [6.45, 7) is 0. The third-order valence-electron chi connectivity index (χ3n) is 2.17. The molecule has 0 fully saturated rings. The van der Waals surface area contributed by atoms with Crippen LogP contribution >= 0.6 is 0 Å². The molecule has 0 spiro atoms. The third kappa shape index (κ3) is 2.15. The molecule has 4 heteroatoms. The number of rotatable bonds is 1. The number of carboxylic acid groups (broad SMARTS) is 1. The van der Waals surface area contributed by atoms with Crippen LogP contribution in [0.5, 0.6) is 0 Å². The fraction of sp³-hybridized carbons (Fsp3) is 0. The molecular formula is C11H8NNaO2. The first kappa shape index (κ1) is 12.0. The van der Waals surface area contributed by atoms with Crippen LogP contribution in [0.2, 0.25) is 0 Å². The van der Waals surface area contributed by atoms with E-state index in [9.17, 15) is 9.90 Å². The van der Waals surface area contributed by atoms with Crippen LogP contribution in [-0.4, -0.2) is 5.97 Å². The number of hydrogen-bond acceptors (Lipinski definition) is 3. The molecule has 0 saturated heterocycles. The number of carbonyl (C=O) groups excluding carboxylic acids is 1. The average molecular weight is 209 g/mol. The third-order valence-corrected chi connectivity index (χ3v) is 2.17. The van der Waals surface area contributed by atoms with Crippen LogP contribution < -0.4 is 40.4 Å². The van der Waals surface area contributed by atoms with E-state index in [2.05, 4.69) is 0 Å². The molecule has 0 aliphatic carbocycles. The van der Waals surface area contributed by atoms with Gasteiger partial charge in [0.15, 0.2) is 0 Å². The Balaban J connectivity index is 0.00000112. The van der Waals surface area contributed by atoms with Gasteiger partial charge in [-0.05, 0) is 16.8 Å². The van der Waals surface area contributed by atoms with Crippen LogP contribution in [0.25, 0.3) is 10.8 Å². The molecule has 3 nitrogen and oxygen atoms in total. The van der Waals surface area contributed by atoms with E-state index in [1.807, 2.05) is 12.1 Å². The molecule has 0 saturated carbocycles. The smallest absolute Gasteiger partial charge is 0.545 e. The quantitative estimate of drug-likeness (QED) is 0.428. The van der Waals surface area contributed by atoms with Gasteiger partial charge in [0.05, 0.1) is 5.97 Å². The Morgan fingerprint density at radius 3 is 2.47 bits per heavy atom. The largest absolute Gasteiger partial charge is 1.00 e. The van der Waals surface area contributed by atoms with Gasteiger partial charge >= 0.3 is 29.6 Å². The van der Waals surface area contributed by atoms with Gasteiger partial charge in [-0.25, -0.2) is 0 Å². The number of aromatic carboxylic acids is 1. The molecule has 2 aromatic carbocycles. The maximum absolute atomic E-state index is 10.8. The second-order valence-corrected chi connectivity index (χ2v) is 3.04. The van der Waals surface area contributed by atoms with Crippen LogP contribution in [0.15, 0.2) is 36.4 Å². The summed E-state index contributed by atoms with van der Waals surface area (Å²) in [5.41, 5.74) is 5.88. The zero-order chi connectivity index (χ0) is 10.1. The van der Waals surface area contributed by atoms with Crippen LogP contribution in [0.3, 0.4) is 0 Å². The molecule has 2 rings (SSSR count). The summed E-state index contributed by atoms with van der Waals surface area (Å²) >= 11 is 0. The molecule has 0 aliphatic heterocycles. The summed E-state index contributed by atoms with van der Waals surface area (Å²) in [4.78, 5) is 10.8. The molecule has 0 radical (unpaired) electrons. The maximum Gasteiger partial charge on any atom is 1.00 e. The number of nitrogens with two attached hydrogens (primary N) is 1. The predicted molar refractivity (Wildman–Crippen MR) is 52.7 cm³/mol. The standard InChI is InChI=1S/C11H9NO2.Na/c12-9-6-5-7-3-1-2-4-8(7)10(9)11(13)14;/h1-6H,12H2,(H,13,14);/q;+1/p-1. The Labute approximate surface area is 109 Å². The van der Waals surface area contributed by atoms with Crippen molar-refractivity contribution < 1.29 is 39.5 Å². The van der Waals surface area contributed by atoms with Gasteiger partial charge < -0.3 is 15.6 Å². The van der Waals surface area contributed by atoms with E-state index in [0.717, 1.165) is 5.39 Å². The molecule has 0 amide bonds. The molecule has 0 unspecified atom stereocenters. The molecule has 0 aliphatic rings. The summed E-state index contributed by atoms with van der Waals surface area (Å²) < 4.78 is 0. The Hall–Kier alpha value is -1.03. The Kier molecular flexibility index (Phi) is 3.74. The summed E-state index contributed by atoms with van der Waals surface area (Å²) in [5.74, 6) is -1.24. The fourth-order valence-corrected chi connectivity index (χ4v) is 1.52. The van der Waals surface area contributed by atoms with Gasteiger partial charge in [-0.3, -0.25) is 0 Å². The van der Waals surface area contributed by atoms with Crippen LogP contribution in [0.4, 0.5) is 5.69 Å². The Morgan fingerprint density at radius 1 is 1.13 bits per heavy atom. The van der Waals surface area contributed by atoms with Gasteiger partial charge in [0.25, 0.3) is 0 Å². The van der Waals surface area contributed by atoms with E-state index >= 15 is 0 Å². The van der Waals surface area contributed by atoms with Crippen molar-refractivity contribution in [2.75, 3.05) is 5.73 Å². The van der Waals surface area contributed by atoms with Crippen LogP contribution in [-0.2, 0) is 0 Å². The molecule has 15 heavy (non-hydrogen) atoms. The van der Waals surface area contributed by atoms with Gasteiger partial charge in [-0.15, -0.1) is 0 Å². The second-order valence-electron chi connectivity index (χ2n) is 3.04.